The summed E-state index contributed by atoms with van der Waals surface area (Å²) in [5, 5.41) is 2.18. The van der Waals surface area contributed by atoms with Crippen molar-refractivity contribution >= 4 is 45.5 Å². The van der Waals surface area contributed by atoms with Crippen LogP contribution >= 0.6 is 15.9 Å². The number of barbiturate groups is 1. The van der Waals surface area contributed by atoms with E-state index in [-0.39, 0.29) is 5.57 Å². The lowest BCUT2D eigenvalue weighted by Crippen LogP contribution is -2.54. The summed E-state index contributed by atoms with van der Waals surface area (Å²) >= 11 is 3.39. The normalized spacial score (nSPS) is 15.6. The molecule has 4 amide bonds. The van der Waals surface area contributed by atoms with Crippen LogP contribution in [0.4, 0.5) is 10.5 Å². The van der Waals surface area contributed by atoms with Crippen molar-refractivity contribution in [2.24, 2.45) is 0 Å². The van der Waals surface area contributed by atoms with Gasteiger partial charge in [-0.15, -0.1) is 0 Å². The molecule has 0 bridgehead atoms. The van der Waals surface area contributed by atoms with Crippen LogP contribution in [0.15, 0.2) is 46.7 Å². The minimum atomic E-state index is -0.815. The van der Waals surface area contributed by atoms with E-state index in [1.807, 2.05) is 6.92 Å². The number of benzene rings is 1. The maximum atomic E-state index is 12.9. The third kappa shape index (κ3) is 3.74. The number of hydrogen-bond donors (Lipinski definition) is 1. The highest BCUT2D eigenvalue weighted by molar-refractivity contribution is 9.10. The Bertz CT molecular complexity index is 975. The van der Waals surface area contributed by atoms with Crippen LogP contribution in [0.2, 0.25) is 0 Å². The second-order valence-corrected chi connectivity index (χ2v) is 6.48. The van der Waals surface area contributed by atoms with Crippen LogP contribution in [0.25, 0.3) is 6.08 Å². The number of rotatable bonds is 5. The molecule has 1 aromatic carbocycles. The molecule has 1 saturated heterocycles. The maximum Gasteiger partial charge on any atom is 0.335 e. The van der Waals surface area contributed by atoms with Crippen LogP contribution < -0.4 is 19.7 Å². The summed E-state index contributed by atoms with van der Waals surface area (Å²) in [6.45, 7) is 2.24. The third-order valence-electron chi connectivity index (χ3n) is 3.87. The van der Waals surface area contributed by atoms with Crippen LogP contribution in [-0.2, 0) is 9.59 Å². The van der Waals surface area contributed by atoms with Gasteiger partial charge in [0.2, 0.25) is 0 Å². The first-order chi connectivity index (χ1) is 13.5. The van der Waals surface area contributed by atoms with Crippen molar-refractivity contribution in [2.45, 2.75) is 6.92 Å². The number of halogens is 1. The van der Waals surface area contributed by atoms with Crippen molar-refractivity contribution < 1.29 is 23.9 Å². The number of ether oxygens (including phenoxy) is 2. The number of aromatic nitrogens is 1. The van der Waals surface area contributed by atoms with Gasteiger partial charge in [0.05, 0.1) is 23.9 Å². The molecule has 0 radical (unpaired) electrons. The number of urea groups is 1. The molecule has 9 heteroatoms. The van der Waals surface area contributed by atoms with Gasteiger partial charge in [-0.3, -0.25) is 19.9 Å². The molecule has 1 aromatic heterocycles. The lowest BCUT2D eigenvalue weighted by atomic mass is 10.1. The fourth-order valence-electron chi connectivity index (χ4n) is 2.68. The van der Waals surface area contributed by atoms with E-state index in [2.05, 4.69) is 26.2 Å². The second kappa shape index (κ2) is 8.22. The summed E-state index contributed by atoms with van der Waals surface area (Å²) in [7, 11) is 1.51. The zero-order chi connectivity index (χ0) is 20.3. The predicted molar refractivity (Wildman–Crippen MR) is 105 cm³/mol. The number of methoxy groups -OCH3 is 1. The largest absolute Gasteiger partial charge is 0.492 e. The first kappa shape index (κ1) is 19.6. The third-order valence-corrected chi connectivity index (χ3v) is 4.46. The topological polar surface area (TPSA) is 97.8 Å². The Morgan fingerprint density at radius 3 is 2.57 bits per heavy atom. The predicted octanol–water partition coefficient (Wildman–Crippen LogP) is 2.92. The molecular formula is C19H16BrN3O5. The monoisotopic (exact) mass is 445 g/mol. The van der Waals surface area contributed by atoms with Gasteiger partial charge < -0.3 is 9.47 Å². The standard InChI is InChI=1S/C19H16BrN3O5/c1-3-28-15-10-11(9-14(20)16(15)27-2)8-13-17(24)22-19(26)23(18(13)25)12-4-6-21-7-5-12/h4-10H,3H2,1-2H3,(H,22,24,26)/b13-8+. The van der Waals surface area contributed by atoms with Gasteiger partial charge in [-0.25, -0.2) is 9.69 Å². The van der Waals surface area contributed by atoms with Crippen molar-refractivity contribution in [3.63, 3.8) is 0 Å². The summed E-state index contributed by atoms with van der Waals surface area (Å²) in [5.41, 5.74) is 0.649. The molecule has 2 aromatic rings. The Hall–Kier alpha value is -3.20. The maximum absolute atomic E-state index is 12.9. The van der Waals surface area contributed by atoms with E-state index in [4.69, 9.17) is 9.47 Å². The van der Waals surface area contributed by atoms with Crippen molar-refractivity contribution in [1.82, 2.24) is 10.3 Å². The van der Waals surface area contributed by atoms with Gasteiger partial charge in [-0.1, -0.05) is 0 Å². The van der Waals surface area contributed by atoms with Crippen LogP contribution in [-0.4, -0.2) is 36.5 Å². The van der Waals surface area contributed by atoms with E-state index >= 15 is 0 Å². The van der Waals surface area contributed by atoms with Crippen LogP contribution in [0.1, 0.15) is 12.5 Å². The zero-order valence-electron chi connectivity index (χ0n) is 15.1. The molecule has 144 valence electrons. The van der Waals surface area contributed by atoms with Gasteiger partial charge in [0.15, 0.2) is 11.5 Å². The van der Waals surface area contributed by atoms with E-state index in [0.717, 1.165) is 4.90 Å². The molecule has 0 unspecified atom stereocenters. The van der Waals surface area contributed by atoms with Gasteiger partial charge >= 0.3 is 6.03 Å². The van der Waals surface area contributed by atoms with Gasteiger partial charge in [-0.05, 0) is 58.8 Å². The SMILES string of the molecule is CCOc1cc(/C=C2\C(=O)NC(=O)N(c3ccncc3)C2=O)cc(Br)c1OC. The summed E-state index contributed by atoms with van der Waals surface area (Å²) in [6, 6.07) is 5.52. The highest BCUT2D eigenvalue weighted by atomic mass is 79.9. The number of nitrogens with zero attached hydrogens (tertiary/aromatic N) is 2. The Morgan fingerprint density at radius 2 is 1.93 bits per heavy atom. The van der Waals surface area contributed by atoms with Crippen molar-refractivity contribution in [1.29, 1.82) is 0 Å². The molecule has 1 N–H and O–H groups in total. The fraction of sp³-hybridized carbons (Fsp3) is 0.158. The Morgan fingerprint density at radius 1 is 1.21 bits per heavy atom. The molecular weight excluding hydrogens is 430 g/mol. The van der Waals surface area contributed by atoms with Crippen LogP contribution in [0, 0.1) is 0 Å². The lowest BCUT2D eigenvalue weighted by molar-refractivity contribution is -0.122. The number of carbonyl (C=O) groups is 3. The zero-order valence-corrected chi connectivity index (χ0v) is 16.6. The van der Waals surface area contributed by atoms with E-state index in [1.54, 1.807) is 12.1 Å². The molecule has 28 heavy (non-hydrogen) atoms. The molecule has 1 fully saturated rings. The van der Waals surface area contributed by atoms with Gasteiger partial charge in [0.1, 0.15) is 5.57 Å². The minimum absolute atomic E-state index is 0.184. The second-order valence-electron chi connectivity index (χ2n) is 5.63. The number of amides is 4. The molecule has 0 saturated carbocycles. The Kier molecular flexibility index (Phi) is 5.74. The molecule has 2 heterocycles. The average Bonchev–Trinajstić information content (AvgIpc) is 2.66. The first-order valence-electron chi connectivity index (χ1n) is 8.28. The molecule has 0 spiro atoms. The minimum Gasteiger partial charge on any atom is -0.492 e. The van der Waals surface area contributed by atoms with Gasteiger partial charge in [0, 0.05) is 12.4 Å². The summed E-state index contributed by atoms with van der Waals surface area (Å²) in [5.74, 6) is -0.552. The number of pyridine rings is 1. The van der Waals surface area contributed by atoms with E-state index in [0.29, 0.717) is 33.8 Å². The van der Waals surface area contributed by atoms with Crippen molar-refractivity contribution in [2.75, 3.05) is 18.6 Å². The van der Waals surface area contributed by atoms with Gasteiger partial charge in [-0.2, -0.15) is 0 Å². The number of carbonyl (C=O) groups excluding carboxylic acids is 3. The number of imide groups is 2. The van der Waals surface area contributed by atoms with Crippen molar-refractivity contribution in [3.8, 4) is 11.5 Å². The lowest BCUT2D eigenvalue weighted by Gasteiger charge is -2.26. The summed E-state index contributed by atoms with van der Waals surface area (Å²) < 4.78 is 11.5. The Balaban J connectivity index is 2.04. The quantitative estimate of drug-likeness (QED) is 0.561. The number of hydrogen-bond acceptors (Lipinski definition) is 6. The summed E-state index contributed by atoms with van der Waals surface area (Å²) in [6.07, 6.45) is 4.29. The molecule has 8 nitrogen and oxygen atoms in total. The Labute approximate surface area is 169 Å². The summed E-state index contributed by atoms with van der Waals surface area (Å²) in [4.78, 5) is 42.1. The van der Waals surface area contributed by atoms with E-state index in [9.17, 15) is 14.4 Å². The highest BCUT2D eigenvalue weighted by Gasteiger charge is 2.36. The number of nitrogens with one attached hydrogen (secondary N) is 1. The molecule has 3 rings (SSSR count). The smallest absolute Gasteiger partial charge is 0.335 e. The average molecular weight is 446 g/mol. The first-order valence-corrected chi connectivity index (χ1v) is 9.07. The van der Waals surface area contributed by atoms with E-state index in [1.165, 1.54) is 37.7 Å². The van der Waals surface area contributed by atoms with Gasteiger partial charge in [0.25, 0.3) is 11.8 Å². The van der Waals surface area contributed by atoms with Crippen LogP contribution in [0.3, 0.4) is 0 Å². The molecule has 0 aliphatic carbocycles. The fourth-order valence-corrected chi connectivity index (χ4v) is 3.31. The highest BCUT2D eigenvalue weighted by Crippen LogP contribution is 2.37. The molecule has 0 atom stereocenters. The van der Waals surface area contributed by atoms with Crippen LogP contribution in [0.5, 0.6) is 11.5 Å². The molecule has 1 aliphatic heterocycles. The van der Waals surface area contributed by atoms with E-state index < -0.39 is 17.8 Å². The van der Waals surface area contributed by atoms with Crippen molar-refractivity contribution in [3.05, 3.63) is 52.3 Å². The molecule has 1 aliphatic rings. The number of anilines is 1.